The van der Waals surface area contributed by atoms with Crippen molar-refractivity contribution in [1.29, 1.82) is 0 Å². The van der Waals surface area contributed by atoms with E-state index in [4.69, 9.17) is 4.74 Å². The topological polar surface area (TPSA) is 14.2 Å². The monoisotopic (exact) mass is 265 g/mol. The maximum absolute atomic E-state index is 5.79. The highest BCUT2D eigenvalue weighted by Crippen LogP contribution is 2.22. The molecular formula is C18H19NO. The molecular weight excluding hydrogens is 246 g/mol. The molecule has 0 aliphatic carbocycles. The Labute approximate surface area is 119 Å². The van der Waals surface area contributed by atoms with Gasteiger partial charge in [-0.1, -0.05) is 24.3 Å². The summed E-state index contributed by atoms with van der Waals surface area (Å²) in [4.78, 5) is 0. The molecule has 0 radical (unpaired) electrons. The Morgan fingerprint density at radius 2 is 1.80 bits per heavy atom. The number of hydrogen-bond acceptors (Lipinski definition) is 1. The highest BCUT2D eigenvalue weighted by atomic mass is 16.5. The Bertz CT molecular complexity index is 698. The minimum Gasteiger partial charge on any atom is -0.489 e. The summed E-state index contributed by atoms with van der Waals surface area (Å²) in [5.41, 5.74) is 2.48. The number of ether oxygens (including phenoxy) is 1. The largest absolute Gasteiger partial charge is 0.489 e. The molecule has 0 aliphatic rings. The second-order valence-electron chi connectivity index (χ2n) is 5.31. The Hall–Kier alpha value is -2.22. The average molecular weight is 265 g/mol. The van der Waals surface area contributed by atoms with Crippen LogP contribution in [0.15, 0.2) is 60.8 Å². The van der Waals surface area contributed by atoms with Crippen LogP contribution in [0.3, 0.4) is 0 Å². The van der Waals surface area contributed by atoms with Crippen molar-refractivity contribution in [3.8, 4) is 5.75 Å². The van der Waals surface area contributed by atoms with Crippen LogP contribution in [-0.4, -0.2) is 4.57 Å². The van der Waals surface area contributed by atoms with Gasteiger partial charge in [-0.05, 0) is 55.1 Å². The summed E-state index contributed by atoms with van der Waals surface area (Å²) >= 11 is 0. The Balaban J connectivity index is 1.80. The lowest BCUT2D eigenvalue weighted by atomic mass is 10.1. The highest BCUT2D eigenvalue weighted by Gasteiger charge is 2.05. The van der Waals surface area contributed by atoms with Gasteiger partial charge in [-0.25, -0.2) is 0 Å². The lowest BCUT2D eigenvalue weighted by molar-refractivity contribution is 0.306. The molecule has 2 heteroatoms. The van der Waals surface area contributed by atoms with E-state index in [1.165, 1.54) is 16.5 Å². The van der Waals surface area contributed by atoms with Crippen LogP contribution in [0, 0.1) is 0 Å². The molecule has 0 bridgehead atoms. The summed E-state index contributed by atoms with van der Waals surface area (Å²) in [5, 5.41) is 1.27. The molecule has 3 aromatic rings. The summed E-state index contributed by atoms with van der Waals surface area (Å²) < 4.78 is 8.08. The van der Waals surface area contributed by atoms with Crippen LogP contribution in [0.4, 0.5) is 0 Å². The van der Waals surface area contributed by atoms with E-state index in [2.05, 4.69) is 48.9 Å². The zero-order valence-electron chi connectivity index (χ0n) is 11.9. The van der Waals surface area contributed by atoms with E-state index in [1.54, 1.807) is 0 Å². The molecule has 0 fully saturated rings. The first-order valence-corrected chi connectivity index (χ1v) is 7.01. The van der Waals surface area contributed by atoms with Gasteiger partial charge in [0.15, 0.2) is 0 Å². The van der Waals surface area contributed by atoms with Crippen molar-refractivity contribution in [2.75, 3.05) is 0 Å². The molecule has 1 heterocycles. The van der Waals surface area contributed by atoms with Crippen LogP contribution in [0.1, 0.15) is 25.5 Å². The van der Waals surface area contributed by atoms with E-state index in [0.717, 1.165) is 5.75 Å². The summed E-state index contributed by atoms with van der Waals surface area (Å²) in [6.45, 7) is 5.00. The van der Waals surface area contributed by atoms with Crippen molar-refractivity contribution in [1.82, 2.24) is 4.57 Å². The van der Waals surface area contributed by atoms with Gasteiger partial charge in [-0.3, -0.25) is 0 Å². The molecule has 0 unspecified atom stereocenters. The van der Waals surface area contributed by atoms with E-state index < -0.39 is 0 Å². The second-order valence-corrected chi connectivity index (χ2v) is 5.31. The minimum atomic E-state index is 0.485. The number of fused-ring (bicyclic) bond motifs is 1. The molecule has 0 aliphatic heterocycles. The Morgan fingerprint density at radius 1 is 1.00 bits per heavy atom. The fraction of sp³-hybridized carbons (Fsp3) is 0.222. The first-order chi connectivity index (χ1) is 9.74. The predicted molar refractivity (Wildman–Crippen MR) is 83.1 cm³/mol. The fourth-order valence-corrected chi connectivity index (χ4v) is 2.44. The molecule has 3 rings (SSSR count). The molecule has 2 aromatic carbocycles. The van der Waals surface area contributed by atoms with Gasteiger partial charge < -0.3 is 9.30 Å². The van der Waals surface area contributed by atoms with Gasteiger partial charge in [-0.15, -0.1) is 0 Å². The number of nitrogens with zero attached hydrogens (tertiary/aromatic N) is 1. The summed E-state index contributed by atoms with van der Waals surface area (Å²) in [6.07, 6.45) is 2.15. The minimum absolute atomic E-state index is 0.485. The van der Waals surface area contributed by atoms with E-state index in [9.17, 15) is 0 Å². The van der Waals surface area contributed by atoms with Gasteiger partial charge in [0.05, 0.1) is 0 Å². The standard InChI is InChI=1S/C18H19NO/c1-14(2)19-11-10-16-12-15(8-9-18(16)19)13-20-17-6-4-3-5-7-17/h3-12,14H,13H2,1-2H3. The predicted octanol–water partition coefficient (Wildman–Crippen LogP) is 4.80. The Kier molecular flexibility index (Phi) is 3.46. The van der Waals surface area contributed by atoms with Gasteiger partial charge in [-0.2, -0.15) is 0 Å². The van der Waals surface area contributed by atoms with Crippen LogP contribution >= 0.6 is 0 Å². The van der Waals surface area contributed by atoms with Crippen molar-refractivity contribution in [3.05, 3.63) is 66.4 Å². The maximum Gasteiger partial charge on any atom is 0.119 e. The van der Waals surface area contributed by atoms with Gasteiger partial charge in [0.2, 0.25) is 0 Å². The maximum atomic E-state index is 5.79. The smallest absolute Gasteiger partial charge is 0.119 e. The van der Waals surface area contributed by atoms with Gasteiger partial charge >= 0.3 is 0 Å². The van der Waals surface area contributed by atoms with Crippen LogP contribution in [0.5, 0.6) is 5.75 Å². The van der Waals surface area contributed by atoms with Crippen LogP contribution in [-0.2, 0) is 6.61 Å². The van der Waals surface area contributed by atoms with E-state index in [1.807, 2.05) is 30.3 Å². The number of benzene rings is 2. The number of rotatable bonds is 4. The molecule has 0 amide bonds. The first kappa shape index (κ1) is 12.8. The van der Waals surface area contributed by atoms with Crippen LogP contribution < -0.4 is 4.74 Å². The van der Waals surface area contributed by atoms with E-state index >= 15 is 0 Å². The molecule has 0 N–H and O–H groups in total. The number of para-hydroxylation sites is 1. The fourth-order valence-electron chi connectivity index (χ4n) is 2.44. The SMILES string of the molecule is CC(C)n1ccc2cc(COc3ccccc3)ccc21. The van der Waals surface area contributed by atoms with Gasteiger partial charge in [0.25, 0.3) is 0 Å². The molecule has 0 saturated carbocycles. The van der Waals surface area contributed by atoms with Crippen molar-refractivity contribution in [3.63, 3.8) is 0 Å². The molecule has 0 spiro atoms. The summed E-state index contributed by atoms with van der Waals surface area (Å²) in [6, 6.07) is 19.1. The molecule has 102 valence electrons. The average Bonchev–Trinajstić information content (AvgIpc) is 2.89. The zero-order chi connectivity index (χ0) is 13.9. The third-order valence-corrected chi connectivity index (χ3v) is 3.49. The molecule has 2 nitrogen and oxygen atoms in total. The molecule has 0 atom stereocenters. The molecule has 0 saturated heterocycles. The normalized spacial score (nSPS) is 11.2. The van der Waals surface area contributed by atoms with Crippen molar-refractivity contribution >= 4 is 10.9 Å². The van der Waals surface area contributed by atoms with Gasteiger partial charge in [0.1, 0.15) is 12.4 Å². The lowest BCUT2D eigenvalue weighted by Gasteiger charge is -2.10. The first-order valence-electron chi connectivity index (χ1n) is 7.01. The van der Waals surface area contributed by atoms with E-state index in [0.29, 0.717) is 12.6 Å². The number of hydrogen-bond donors (Lipinski definition) is 0. The van der Waals surface area contributed by atoms with Crippen LogP contribution in [0.25, 0.3) is 10.9 Å². The Morgan fingerprint density at radius 3 is 2.55 bits per heavy atom. The summed E-state index contributed by atoms with van der Waals surface area (Å²) in [5.74, 6) is 0.910. The number of aromatic nitrogens is 1. The van der Waals surface area contributed by atoms with Crippen molar-refractivity contribution in [2.24, 2.45) is 0 Å². The van der Waals surface area contributed by atoms with Gasteiger partial charge in [0, 0.05) is 17.8 Å². The zero-order valence-corrected chi connectivity index (χ0v) is 11.9. The highest BCUT2D eigenvalue weighted by molar-refractivity contribution is 5.81. The lowest BCUT2D eigenvalue weighted by Crippen LogP contribution is -1.98. The van der Waals surface area contributed by atoms with Crippen molar-refractivity contribution < 1.29 is 4.74 Å². The molecule has 20 heavy (non-hydrogen) atoms. The second kappa shape index (κ2) is 5.41. The quantitative estimate of drug-likeness (QED) is 0.661. The van der Waals surface area contributed by atoms with Crippen molar-refractivity contribution in [2.45, 2.75) is 26.5 Å². The molecule has 1 aromatic heterocycles. The third kappa shape index (κ3) is 2.55. The third-order valence-electron chi connectivity index (χ3n) is 3.49. The van der Waals surface area contributed by atoms with E-state index in [-0.39, 0.29) is 0 Å². The summed E-state index contributed by atoms with van der Waals surface area (Å²) in [7, 11) is 0. The van der Waals surface area contributed by atoms with Crippen LogP contribution in [0.2, 0.25) is 0 Å².